The number of hydrogen-bond donors (Lipinski definition) is 1. The van der Waals surface area contributed by atoms with Gasteiger partial charge in [0.25, 0.3) is 6.47 Å². The molecule has 0 aliphatic carbocycles. The number of carbonyl (C=O) groups is 2. The van der Waals surface area contributed by atoms with Crippen molar-refractivity contribution in [2.75, 3.05) is 71.4 Å². The van der Waals surface area contributed by atoms with Gasteiger partial charge in [0.05, 0.1) is 65.9 Å². The Morgan fingerprint density at radius 3 is 1.87 bits per heavy atom. The number of carbonyl (C=O) groups excluding carboxylic acids is 2. The summed E-state index contributed by atoms with van der Waals surface area (Å²) in [6.07, 6.45) is 5.30. The minimum Gasteiger partial charge on any atom is -0.463 e. The quantitative estimate of drug-likeness (QED) is 0.186. The van der Waals surface area contributed by atoms with Gasteiger partial charge in [0.1, 0.15) is 13.2 Å². The summed E-state index contributed by atoms with van der Waals surface area (Å²) in [7, 11) is 0. The smallest absolute Gasteiger partial charge is 0.293 e. The molecule has 0 aliphatic rings. The molecule has 1 aromatic rings. The second-order valence-corrected chi connectivity index (χ2v) is 6.11. The minimum absolute atomic E-state index is 0.143. The Morgan fingerprint density at radius 2 is 1.35 bits per heavy atom. The third-order valence-corrected chi connectivity index (χ3v) is 3.70. The summed E-state index contributed by atoms with van der Waals surface area (Å²) in [6.45, 7) is 4.90. The predicted molar refractivity (Wildman–Crippen MR) is 113 cm³/mol. The van der Waals surface area contributed by atoms with Crippen LogP contribution < -0.4 is 5.32 Å². The Balaban J connectivity index is 1.87. The minimum atomic E-state index is -0.143. The first-order chi connectivity index (χ1) is 15.3. The van der Waals surface area contributed by atoms with Crippen LogP contribution >= 0.6 is 0 Å². The van der Waals surface area contributed by atoms with Crippen molar-refractivity contribution in [1.82, 2.24) is 0 Å². The Kier molecular flexibility index (Phi) is 16.7. The molecule has 9 heteroatoms. The van der Waals surface area contributed by atoms with Crippen molar-refractivity contribution < 1.29 is 38.0 Å². The molecular weight excluding hydrogens is 406 g/mol. The molecule has 0 aromatic heterocycles. The number of benzene rings is 1. The molecule has 0 bridgehead atoms. The lowest BCUT2D eigenvalue weighted by atomic mass is 10.2. The highest BCUT2D eigenvalue weighted by atomic mass is 16.6. The second-order valence-electron chi connectivity index (χ2n) is 6.11. The number of ether oxygens (including phenoxy) is 6. The van der Waals surface area contributed by atoms with E-state index < -0.39 is 0 Å². The van der Waals surface area contributed by atoms with Crippen LogP contribution in [0.25, 0.3) is 0 Å². The molecule has 1 amide bonds. The van der Waals surface area contributed by atoms with E-state index in [4.69, 9.17) is 30.1 Å². The fourth-order valence-corrected chi connectivity index (χ4v) is 2.21. The van der Waals surface area contributed by atoms with Crippen molar-refractivity contribution in [2.24, 2.45) is 0 Å². The van der Waals surface area contributed by atoms with Crippen LogP contribution in [-0.2, 0) is 44.6 Å². The molecule has 9 nitrogen and oxygen atoms in total. The fourth-order valence-electron chi connectivity index (χ4n) is 2.21. The standard InChI is InChI=1S/C22H31NO8/c1-2-8-26-10-12-28-14-16-30-17-15-29-13-11-27-9-7-22(25)23-21-5-3-20(4-6-21)18-31-19-24/h1,3-6,19H,7-18H2,(H,23,25). The molecule has 1 N–H and O–H groups in total. The van der Waals surface area contributed by atoms with Gasteiger partial charge in [-0.15, -0.1) is 6.42 Å². The molecule has 0 fully saturated rings. The number of rotatable bonds is 20. The molecular formula is C22H31NO8. The van der Waals surface area contributed by atoms with E-state index >= 15 is 0 Å². The first-order valence-corrected chi connectivity index (χ1v) is 10.0. The molecule has 0 saturated heterocycles. The lowest BCUT2D eigenvalue weighted by molar-refractivity contribution is -0.129. The molecule has 1 rings (SSSR count). The van der Waals surface area contributed by atoms with Gasteiger partial charge >= 0.3 is 0 Å². The summed E-state index contributed by atoms with van der Waals surface area (Å²) in [5.74, 6) is 2.24. The molecule has 0 aliphatic heterocycles. The van der Waals surface area contributed by atoms with E-state index in [9.17, 15) is 9.59 Å². The van der Waals surface area contributed by atoms with Crippen molar-refractivity contribution in [3.8, 4) is 12.3 Å². The Hall–Kier alpha value is -2.48. The average Bonchev–Trinajstić information content (AvgIpc) is 2.78. The van der Waals surface area contributed by atoms with E-state index in [0.29, 0.717) is 78.2 Å². The summed E-state index contributed by atoms with van der Waals surface area (Å²) in [5.41, 5.74) is 1.51. The van der Waals surface area contributed by atoms with Gasteiger partial charge in [-0.25, -0.2) is 0 Å². The molecule has 0 atom stereocenters. The van der Waals surface area contributed by atoms with Gasteiger partial charge in [-0.2, -0.15) is 0 Å². The number of amides is 1. The first-order valence-electron chi connectivity index (χ1n) is 10.0. The van der Waals surface area contributed by atoms with Crippen LogP contribution in [0, 0.1) is 12.3 Å². The van der Waals surface area contributed by atoms with Crippen LogP contribution in [-0.4, -0.2) is 78.4 Å². The third-order valence-electron chi connectivity index (χ3n) is 3.70. The van der Waals surface area contributed by atoms with Gasteiger partial charge in [0.15, 0.2) is 0 Å². The van der Waals surface area contributed by atoms with Crippen molar-refractivity contribution in [2.45, 2.75) is 13.0 Å². The molecule has 172 valence electrons. The zero-order valence-electron chi connectivity index (χ0n) is 17.7. The van der Waals surface area contributed by atoms with E-state index in [1.807, 2.05) is 0 Å². The van der Waals surface area contributed by atoms with Crippen molar-refractivity contribution in [3.63, 3.8) is 0 Å². The maximum Gasteiger partial charge on any atom is 0.293 e. The van der Waals surface area contributed by atoms with Crippen LogP contribution in [0.15, 0.2) is 24.3 Å². The van der Waals surface area contributed by atoms with Crippen LogP contribution in [0.1, 0.15) is 12.0 Å². The number of nitrogens with one attached hydrogen (secondary N) is 1. The van der Waals surface area contributed by atoms with Gasteiger partial charge < -0.3 is 33.7 Å². The summed E-state index contributed by atoms with van der Waals surface area (Å²) in [5, 5.41) is 2.78. The number of anilines is 1. The number of terminal acetylenes is 1. The summed E-state index contributed by atoms with van der Waals surface area (Å²) in [4.78, 5) is 22.0. The zero-order chi connectivity index (χ0) is 22.4. The topological polar surface area (TPSA) is 102 Å². The summed E-state index contributed by atoms with van der Waals surface area (Å²) in [6, 6.07) is 7.06. The van der Waals surface area contributed by atoms with Gasteiger partial charge in [-0.1, -0.05) is 18.1 Å². The van der Waals surface area contributed by atoms with E-state index in [1.54, 1.807) is 24.3 Å². The molecule has 0 spiro atoms. The molecule has 1 aromatic carbocycles. The summed E-state index contributed by atoms with van der Waals surface area (Å²) < 4.78 is 31.2. The highest BCUT2D eigenvalue weighted by Gasteiger charge is 2.03. The molecule has 31 heavy (non-hydrogen) atoms. The molecule has 0 radical (unpaired) electrons. The van der Waals surface area contributed by atoms with Crippen LogP contribution in [0.5, 0.6) is 0 Å². The van der Waals surface area contributed by atoms with Crippen LogP contribution in [0.2, 0.25) is 0 Å². The summed E-state index contributed by atoms with van der Waals surface area (Å²) >= 11 is 0. The maximum absolute atomic E-state index is 11.9. The molecule has 0 unspecified atom stereocenters. The Bertz CT molecular complexity index is 629. The van der Waals surface area contributed by atoms with E-state index in [2.05, 4.69) is 16.0 Å². The largest absolute Gasteiger partial charge is 0.463 e. The highest BCUT2D eigenvalue weighted by molar-refractivity contribution is 5.90. The lowest BCUT2D eigenvalue weighted by Gasteiger charge is -2.08. The van der Waals surface area contributed by atoms with Crippen molar-refractivity contribution in [3.05, 3.63) is 29.8 Å². The molecule has 0 saturated carbocycles. The number of hydrogen-bond acceptors (Lipinski definition) is 8. The SMILES string of the molecule is C#CCOCCOCCOCCOCCOCCC(=O)Nc1ccc(COC=O)cc1. The van der Waals surface area contributed by atoms with Crippen LogP contribution in [0.3, 0.4) is 0 Å². The Labute approximate surface area is 183 Å². The Morgan fingerprint density at radius 1 is 0.839 bits per heavy atom. The average molecular weight is 437 g/mol. The van der Waals surface area contributed by atoms with Crippen LogP contribution in [0.4, 0.5) is 5.69 Å². The van der Waals surface area contributed by atoms with Crippen molar-refractivity contribution in [1.29, 1.82) is 0 Å². The van der Waals surface area contributed by atoms with Gasteiger partial charge in [-0.3, -0.25) is 9.59 Å². The third kappa shape index (κ3) is 16.0. The highest BCUT2D eigenvalue weighted by Crippen LogP contribution is 2.10. The van der Waals surface area contributed by atoms with Gasteiger partial charge in [-0.05, 0) is 17.7 Å². The fraction of sp³-hybridized carbons (Fsp3) is 0.545. The zero-order valence-corrected chi connectivity index (χ0v) is 17.7. The normalized spacial score (nSPS) is 10.4. The lowest BCUT2D eigenvalue weighted by Crippen LogP contribution is -2.16. The maximum atomic E-state index is 11.9. The monoisotopic (exact) mass is 437 g/mol. The van der Waals surface area contributed by atoms with E-state index in [0.717, 1.165) is 5.56 Å². The first kappa shape index (κ1) is 26.6. The second kappa shape index (κ2) is 19.5. The van der Waals surface area contributed by atoms with E-state index in [-0.39, 0.29) is 18.9 Å². The van der Waals surface area contributed by atoms with E-state index in [1.165, 1.54) is 0 Å². The predicted octanol–water partition coefficient (Wildman–Crippen LogP) is 1.40. The van der Waals surface area contributed by atoms with Crippen molar-refractivity contribution >= 4 is 18.1 Å². The molecule has 0 heterocycles. The van der Waals surface area contributed by atoms with Gasteiger partial charge in [0, 0.05) is 5.69 Å². The van der Waals surface area contributed by atoms with Gasteiger partial charge in [0.2, 0.25) is 5.91 Å².